The van der Waals surface area contributed by atoms with Gasteiger partial charge in [-0.25, -0.2) is 4.99 Å². The largest absolute Gasteiger partial charge is 0.466 e. The van der Waals surface area contributed by atoms with Crippen LogP contribution in [0.3, 0.4) is 0 Å². The number of rotatable bonds is 2. The summed E-state index contributed by atoms with van der Waals surface area (Å²) in [5.74, 6) is 0.896. The zero-order chi connectivity index (χ0) is 6.69. The van der Waals surface area contributed by atoms with Gasteiger partial charge in [0.15, 0.2) is 0 Å². The Morgan fingerprint density at radius 1 is 1.90 bits per heavy atom. The van der Waals surface area contributed by atoms with Crippen molar-refractivity contribution in [2.24, 2.45) is 4.99 Å². The first-order valence-electron chi connectivity index (χ1n) is 2.72. The van der Waals surface area contributed by atoms with Crippen molar-refractivity contribution in [3.8, 4) is 0 Å². The predicted molar refractivity (Wildman–Crippen MR) is 45.4 cm³/mol. The van der Waals surface area contributed by atoms with E-state index in [0.29, 0.717) is 6.54 Å². The third-order valence-electron chi connectivity index (χ3n) is 1.05. The van der Waals surface area contributed by atoms with E-state index in [1.807, 2.05) is 6.26 Å². The first kappa shape index (κ1) is 9.91. The second-order valence-electron chi connectivity index (χ2n) is 1.82. The predicted octanol–water partition coefficient (Wildman–Crippen LogP) is 1.08. The molecule has 0 radical (unpaired) electrons. The van der Waals surface area contributed by atoms with Crippen molar-refractivity contribution in [2.45, 2.75) is 6.10 Å². The van der Waals surface area contributed by atoms with Crippen molar-refractivity contribution >= 4 is 30.3 Å². The summed E-state index contributed by atoms with van der Waals surface area (Å²) in [6.45, 7) is 0.604. The summed E-state index contributed by atoms with van der Waals surface area (Å²) in [6, 6.07) is 0. The summed E-state index contributed by atoms with van der Waals surface area (Å²) >= 11 is 1.69. The number of aliphatic hydroxyl groups excluding tert-OH is 1. The van der Waals surface area contributed by atoms with Crippen molar-refractivity contribution < 1.29 is 9.84 Å². The van der Waals surface area contributed by atoms with E-state index in [4.69, 9.17) is 9.84 Å². The summed E-state index contributed by atoms with van der Waals surface area (Å²) in [5, 5.41) is 8.64. The molecule has 10 heavy (non-hydrogen) atoms. The Hall–Kier alpha value is -0.0900. The van der Waals surface area contributed by atoms with Gasteiger partial charge in [0, 0.05) is 5.75 Å². The molecule has 0 spiro atoms. The van der Waals surface area contributed by atoms with Crippen LogP contribution in [0, 0.1) is 0 Å². The molecule has 1 N–H and O–H groups in total. The number of halogens is 1. The Kier molecular flexibility index (Phi) is 4.64. The highest BCUT2D eigenvalue weighted by molar-refractivity contribution is 7.98. The Balaban J connectivity index is 0.000000810. The fourth-order valence-electron chi connectivity index (χ4n) is 0.676. The highest BCUT2D eigenvalue weighted by Crippen LogP contribution is 2.07. The Morgan fingerprint density at radius 3 is 3.00 bits per heavy atom. The fourth-order valence-corrected chi connectivity index (χ4v) is 1.22. The molecule has 5 heteroatoms. The van der Waals surface area contributed by atoms with Gasteiger partial charge in [-0.15, -0.1) is 12.4 Å². The maximum atomic E-state index is 8.64. The molecule has 1 aliphatic rings. The number of aliphatic imine (C=N–C) groups is 1. The van der Waals surface area contributed by atoms with Gasteiger partial charge in [0.05, 0.1) is 6.54 Å². The first-order chi connectivity index (χ1) is 4.33. The average molecular weight is 184 g/mol. The Bertz CT molecular complexity index is 131. The van der Waals surface area contributed by atoms with Gasteiger partial charge in [0.25, 0.3) is 0 Å². The van der Waals surface area contributed by atoms with Gasteiger partial charge in [-0.2, -0.15) is 11.8 Å². The van der Waals surface area contributed by atoms with Crippen LogP contribution in [0.2, 0.25) is 0 Å². The van der Waals surface area contributed by atoms with E-state index in [-0.39, 0.29) is 24.6 Å². The molecular weight excluding hydrogens is 174 g/mol. The van der Waals surface area contributed by atoms with E-state index in [9.17, 15) is 0 Å². The summed E-state index contributed by atoms with van der Waals surface area (Å²) in [5.41, 5.74) is 0. The molecule has 0 aliphatic carbocycles. The van der Waals surface area contributed by atoms with Gasteiger partial charge in [-0.05, 0) is 6.26 Å². The molecule has 0 aromatic rings. The summed E-state index contributed by atoms with van der Waals surface area (Å²) in [4.78, 5) is 3.67. The topological polar surface area (TPSA) is 41.8 Å². The second-order valence-corrected chi connectivity index (χ2v) is 2.73. The number of ether oxygens (including phenoxy) is 1. The molecule has 1 unspecified atom stereocenters. The van der Waals surface area contributed by atoms with Gasteiger partial charge < -0.3 is 9.84 Å². The molecule has 0 saturated carbocycles. The van der Waals surface area contributed by atoms with Crippen molar-refractivity contribution in [1.29, 1.82) is 0 Å². The minimum atomic E-state index is -0.158. The normalized spacial score (nSPS) is 22.9. The molecule has 1 heterocycles. The highest BCUT2D eigenvalue weighted by Gasteiger charge is 2.17. The molecule has 0 fully saturated rings. The molecular formula is C5H10ClNO2S. The van der Waals surface area contributed by atoms with E-state index in [1.54, 1.807) is 11.8 Å². The minimum absolute atomic E-state index is 0. The van der Waals surface area contributed by atoms with Crippen LogP contribution in [0.1, 0.15) is 0 Å². The maximum Gasteiger partial charge on any atom is 0.381 e. The lowest BCUT2D eigenvalue weighted by molar-refractivity contribution is 0.197. The van der Waals surface area contributed by atoms with E-state index >= 15 is 0 Å². The van der Waals surface area contributed by atoms with Crippen LogP contribution in [0.15, 0.2) is 4.99 Å². The molecule has 0 amide bonds. The average Bonchev–Trinajstić information content (AvgIpc) is 2.17. The third-order valence-corrected chi connectivity index (χ3v) is 1.76. The van der Waals surface area contributed by atoms with E-state index in [1.165, 1.54) is 0 Å². The summed E-state index contributed by atoms with van der Waals surface area (Å²) < 4.78 is 4.89. The quantitative estimate of drug-likeness (QED) is 0.697. The smallest absolute Gasteiger partial charge is 0.381 e. The lowest BCUT2D eigenvalue weighted by atomic mass is 10.4. The molecule has 0 bridgehead atoms. The van der Waals surface area contributed by atoms with Crippen LogP contribution in [0.4, 0.5) is 0 Å². The number of hydrogen-bond acceptors (Lipinski definition) is 3. The van der Waals surface area contributed by atoms with E-state index in [2.05, 4.69) is 4.99 Å². The number of nitrogens with zero attached hydrogens (tertiary/aromatic N) is 1. The highest BCUT2D eigenvalue weighted by atomic mass is 35.5. The van der Waals surface area contributed by atoms with Crippen LogP contribution in [0.25, 0.3) is 0 Å². The molecule has 60 valence electrons. The second kappa shape index (κ2) is 4.68. The molecule has 3 nitrogen and oxygen atoms in total. The third kappa shape index (κ3) is 2.66. The van der Waals surface area contributed by atoms with Gasteiger partial charge >= 0.3 is 6.08 Å². The SMILES string of the molecule is CSCC1CN=C(O)O1.Cl. The Labute approximate surface area is 70.3 Å². The monoisotopic (exact) mass is 183 g/mol. The Morgan fingerprint density at radius 2 is 2.60 bits per heavy atom. The molecule has 1 rings (SSSR count). The van der Waals surface area contributed by atoms with Crippen molar-refractivity contribution in [1.82, 2.24) is 0 Å². The van der Waals surface area contributed by atoms with Crippen molar-refractivity contribution in [3.05, 3.63) is 0 Å². The number of aliphatic hydroxyl groups is 1. The van der Waals surface area contributed by atoms with E-state index in [0.717, 1.165) is 5.75 Å². The summed E-state index contributed by atoms with van der Waals surface area (Å²) in [7, 11) is 0. The maximum absolute atomic E-state index is 8.64. The van der Waals surface area contributed by atoms with Crippen LogP contribution < -0.4 is 0 Å². The van der Waals surface area contributed by atoms with Crippen LogP contribution in [0.5, 0.6) is 0 Å². The van der Waals surface area contributed by atoms with Crippen LogP contribution in [-0.4, -0.2) is 35.8 Å². The standard InChI is InChI=1S/C5H9NO2S.ClH/c1-9-3-4-2-6-5(7)8-4;/h4H,2-3H2,1H3,(H,6,7);1H. The van der Waals surface area contributed by atoms with Crippen LogP contribution in [-0.2, 0) is 4.74 Å². The molecule has 1 aliphatic heterocycles. The van der Waals surface area contributed by atoms with Gasteiger partial charge in [0.2, 0.25) is 0 Å². The van der Waals surface area contributed by atoms with E-state index < -0.39 is 0 Å². The molecule has 1 atom stereocenters. The van der Waals surface area contributed by atoms with Crippen molar-refractivity contribution in [3.63, 3.8) is 0 Å². The van der Waals surface area contributed by atoms with Gasteiger partial charge in [0.1, 0.15) is 6.10 Å². The lowest BCUT2D eigenvalue weighted by Crippen LogP contribution is -2.15. The van der Waals surface area contributed by atoms with Gasteiger partial charge in [-0.1, -0.05) is 0 Å². The summed E-state index contributed by atoms with van der Waals surface area (Å²) in [6.07, 6.45) is 1.94. The lowest BCUT2D eigenvalue weighted by Gasteiger charge is -2.04. The van der Waals surface area contributed by atoms with Gasteiger partial charge in [-0.3, -0.25) is 0 Å². The van der Waals surface area contributed by atoms with Crippen molar-refractivity contribution in [2.75, 3.05) is 18.6 Å². The molecule has 0 saturated heterocycles. The zero-order valence-electron chi connectivity index (χ0n) is 5.61. The first-order valence-corrected chi connectivity index (χ1v) is 4.11. The fraction of sp³-hybridized carbons (Fsp3) is 0.800. The number of thioether (sulfide) groups is 1. The zero-order valence-corrected chi connectivity index (χ0v) is 7.24. The van der Waals surface area contributed by atoms with Crippen LogP contribution >= 0.6 is 24.2 Å². The minimum Gasteiger partial charge on any atom is -0.466 e. The number of hydrogen-bond donors (Lipinski definition) is 1. The molecule has 0 aromatic carbocycles. The molecule has 0 aromatic heterocycles.